The van der Waals surface area contributed by atoms with Crippen LogP contribution in [0.15, 0.2) is 95.1 Å². The van der Waals surface area contributed by atoms with E-state index in [1.54, 1.807) is 7.11 Å². The van der Waals surface area contributed by atoms with E-state index in [0.29, 0.717) is 44.6 Å². The van der Waals surface area contributed by atoms with Gasteiger partial charge >= 0.3 is 6.03 Å². The topological polar surface area (TPSA) is 98.4 Å². The minimum Gasteiger partial charge on any atom is -0.493 e. The number of aliphatic hydroxyl groups is 1. The number of aromatic nitrogens is 2. The van der Waals surface area contributed by atoms with E-state index < -0.39 is 24.2 Å². The summed E-state index contributed by atoms with van der Waals surface area (Å²) in [7, 11) is 1.58. The molecule has 8 rings (SSSR count). The van der Waals surface area contributed by atoms with E-state index in [1.165, 1.54) is 31.6 Å². The van der Waals surface area contributed by atoms with Gasteiger partial charge in [-0.25, -0.2) is 4.79 Å². The van der Waals surface area contributed by atoms with Crippen molar-refractivity contribution in [2.75, 3.05) is 33.5 Å². The third kappa shape index (κ3) is 9.72. The number of methoxy groups -OCH3 is 1. The Kier molecular flexibility index (Phi) is 16.3. The third-order valence-electron chi connectivity index (χ3n) is 14.2. The number of amides is 3. The van der Waals surface area contributed by atoms with Crippen molar-refractivity contribution in [2.45, 2.75) is 144 Å². The number of aliphatic hydroxyl groups excluding tert-OH is 1. The van der Waals surface area contributed by atoms with Gasteiger partial charge in [0.1, 0.15) is 11.5 Å². The zero-order valence-corrected chi connectivity index (χ0v) is 42.2. The first-order chi connectivity index (χ1) is 33.7. The molecule has 366 valence electrons. The molecule has 2 unspecified atom stereocenters. The standard InChI is InChI=1S/C59H74N4O6/c1-8-13-34-60-47(43-20-18-22-45-51(68-37-16-11-4)32-30-49(60)54(43)45)28-26-41-24-25-42(53(41)56-57(64)62(36-15-10-3)59(66)63(58(56)65)40(6)39-67-7)27-29-48-44-21-19-23-46-52(69-38-17-12-5)33-31-50(55(44)46)61(48)35-14-9-2/h18-23,26-33,40,57,64H,8-17,24-25,34-39H2,1-7H3/b41-26+,42-27+,47-28+,48-29+. The molecule has 0 bridgehead atoms. The van der Waals surface area contributed by atoms with E-state index >= 15 is 4.79 Å². The van der Waals surface area contributed by atoms with Crippen LogP contribution in [0.4, 0.5) is 4.79 Å². The molecule has 10 heteroatoms. The minimum absolute atomic E-state index is 0.178. The number of carbonyl (C=O) groups is 2. The number of rotatable bonds is 22. The Hall–Kier alpha value is -5.84. The summed E-state index contributed by atoms with van der Waals surface area (Å²) in [5, 5.41) is 21.5. The summed E-state index contributed by atoms with van der Waals surface area (Å²) in [6.45, 7) is 16.3. The first kappa shape index (κ1) is 49.6. The van der Waals surface area contributed by atoms with Gasteiger partial charge in [0, 0.05) is 80.8 Å². The number of benzene rings is 4. The van der Waals surface area contributed by atoms with E-state index in [0.717, 1.165) is 126 Å². The highest BCUT2D eigenvalue weighted by molar-refractivity contribution is 6.14. The molecule has 2 aliphatic rings. The summed E-state index contributed by atoms with van der Waals surface area (Å²) in [4.78, 5) is 32.1. The van der Waals surface area contributed by atoms with Crippen LogP contribution >= 0.6 is 0 Å². The Bertz CT molecular complexity index is 2840. The van der Waals surface area contributed by atoms with Crippen LogP contribution in [0.2, 0.25) is 0 Å². The van der Waals surface area contributed by atoms with Crippen LogP contribution in [0, 0.1) is 0 Å². The summed E-state index contributed by atoms with van der Waals surface area (Å²) in [6.07, 6.45) is 18.4. The molecular formula is C59H74N4O6. The molecule has 69 heavy (non-hydrogen) atoms. The van der Waals surface area contributed by atoms with Crippen LogP contribution in [0.1, 0.15) is 119 Å². The van der Waals surface area contributed by atoms with E-state index in [-0.39, 0.29) is 12.2 Å². The Labute approximate surface area is 408 Å². The van der Waals surface area contributed by atoms with Crippen molar-refractivity contribution < 1.29 is 28.9 Å². The lowest BCUT2D eigenvalue weighted by molar-refractivity contribution is -0.133. The van der Waals surface area contributed by atoms with Gasteiger partial charge < -0.3 is 28.5 Å². The highest BCUT2D eigenvalue weighted by Crippen LogP contribution is 2.42. The van der Waals surface area contributed by atoms with Gasteiger partial charge in [-0.2, -0.15) is 0 Å². The van der Waals surface area contributed by atoms with E-state index in [2.05, 4.69) is 129 Å². The second-order valence-corrected chi connectivity index (χ2v) is 19.0. The number of urea groups is 1. The highest BCUT2D eigenvalue weighted by Gasteiger charge is 2.46. The van der Waals surface area contributed by atoms with Gasteiger partial charge in [-0.05, 0) is 105 Å². The average Bonchev–Trinajstić information content (AvgIpc) is 4.00. The van der Waals surface area contributed by atoms with Crippen LogP contribution in [0.5, 0.6) is 11.5 Å². The molecule has 1 aliphatic carbocycles. The number of nitrogens with zero attached hydrogens (tertiary/aromatic N) is 4. The Morgan fingerprint density at radius 1 is 0.623 bits per heavy atom. The van der Waals surface area contributed by atoms with Gasteiger partial charge in [0.05, 0.1) is 31.4 Å². The van der Waals surface area contributed by atoms with E-state index in [4.69, 9.17) is 14.2 Å². The number of aryl methyl sites for hydroxylation is 2. The molecule has 1 saturated carbocycles. The number of imide groups is 1. The Balaban J connectivity index is 1.37. The molecule has 10 nitrogen and oxygen atoms in total. The molecule has 1 aliphatic heterocycles. The molecule has 3 heterocycles. The van der Waals surface area contributed by atoms with Crippen molar-refractivity contribution in [3.8, 4) is 11.5 Å². The zero-order valence-electron chi connectivity index (χ0n) is 42.2. The normalized spacial score (nSPS) is 18.1. The maximum atomic E-state index is 15.1. The molecule has 3 amide bonds. The van der Waals surface area contributed by atoms with Gasteiger partial charge in [0.2, 0.25) is 0 Å². The van der Waals surface area contributed by atoms with Crippen LogP contribution in [-0.4, -0.2) is 81.7 Å². The second kappa shape index (κ2) is 22.7. The van der Waals surface area contributed by atoms with Crippen LogP contribution in [-0.2, 0) is 22.6 Å². The number of hydrogen-bond donors (Lipinski definition) is 1. The number of hydrogen-bond acceptors (Lipinski definition) is 6. The molecule has 1 saturated heterocycles. The average molecular weight is 935 g/mol. The fourth-order valence-corrected chi connectivity index (χ4v) is 10.5. The molecule has 2 atom stereocenters. The van der Waals surface area contributed by atoms with Crippen molar-refractivity contribution >= 4 is 67.4 Å². The highest BCUT2D eigenvalue weighted by atomic mass is 16.5. The zero-order chi connectivity index (χ0) is 48.6. The fourth-order valence-electron chi connectivity index (χ4n) is 10.5. The molecule has 0 radical (unpaired) electrons. The molecule has 1 N–H and O–H groups in total. The van der Waals surface area contributed by atoms with E-state index in [9.17, 15) is 9.90 Å². The van der Waals surface area contributed by atoms with Gasteiger partial charge in [0.25, 0.3) is 5.91 Å². The van der Waals surface area contributed by atoms with Crippen molar-refractivity contribution in [1.82, 2.24) is 18.9 Å². The molecule has 4 aromatic carbocycles. The van der Waals surface area contributed by atoms with Crippen LogP contribution < -0.4 is 20.2 Å². The summed E-state index contributed by atoms with van der Waals surface area (Å²) < 4.78 is 23.1. The molecule has 6 aromatic rings. The van der Waals surface area contributed by atoms with E-state index in [1.807, 2.05) is 6.92 Å². The lowest BCUT2D eigenvalue weighted by Gasteiger charge is -2.42. The molecule has 2 fully saturated rings. The smallest absolute Gasteiger partial charge is 0.329 e. The van der Waals surface area contributed by atoms with Crippen LogP contribution in [0.3, 0.4) is 0 Å². The Morgan fingerprint density at radius 3 is 1.55 bits per heavy atom. The number of carbonyl (C=O) groups excluding carboxylic acids is 2. The molecule has 0 spiro atoms. The minimum atomic E-state index is -1.42. The van der Waals surface area contributed by atoms with Crippen molar-refractivity contribution in [2.24, 2.45) is 0 Å². The number of unbranched alkanes of at least 4 members (excludes halogenated alkanes) is 5. The van der Waals surface area contributed by atoms with Crippen molar-refractivity contribution in [3.63, 3.8) is 0 Å². The monoisotopic (exact) mass is 935 g/mol. The predicted molar refractivity (Wildman–Crippen MR) is 283 cm³/mol. The van der Waals surface area contributed by atoms with Gasteiger partial charge in [0.15, 0.2) is 6.23 Å². The second-order valence-electron chi connectivity index (χ2n) is 19.0. The quantitative estimate of drug-likeness (QED) is 0.0538. The van der Waals surface area contributed by atoms with Crippen molar-refractivity contribution in [3.05, 3.63) is 106 Å². The summed E-state index contributed by atoms with van der Waals surface area (Å²) in [5.74, 6) is 1.33. The third-order valence-corrected chi connectivity index (χ3v) is 14.2. The van der Waals surface area contributed by atoms with Gasteiger partial charge in [-0.3, -0.25) is 14.6 Å². The lowest BCUT2D eigenvalue weighted by Crippen LogP contribution is -2.61. The van der Waals surface area contributed by atoms with Crippen molar-refractivity contribution in [1.29, 1.82) is 0 Å². The maximum Gasteiger partial charge on any atom is 0.329 e. The van der Waals surface area contributed by atoms with Gasteiger partial charge in [-0.15, -0.1) is 0 Å². The molecular weight excluding hydrogens is 861 g/mol. The lowest BCUT2D eigenvalue weighted by atomic mass is 9.93. The maximum absolute atomic E-state index is 15.1. The predicted octanol–water partition coefficient (Wildman–Crippen LogP) is 11.9. The van der Waals surface area contributed by atoms with Crippen LogP contribution in [0.25, 0.3) is 55.5 Å². The summed E-state index contributed by atoms with van der Waals surface area (Å²) in [5.41, 5.74) is 5.20. The fraction of sp³-hybridized carbons (Fsp3) is 0.458. The van der Waals surface area contributed by atoms with Gasteiger partial charge in [-0.1, -0.05) is 115 Å². The number of allylic oxidation sites excluding steroid dienone is 5. The SMILES string of the molecule is CCCCOc1ccc2c3c1cccc3/c(=C\C=C1/CC/C(=C\C=c3/c4cccc5c(OCCCC)ccc(c54)n3CCCC)C1=C1C(=O)N(C(C)COC)C(=O)N(CCCC)C1O)n2CCCC. The number of ether oxygens (including phenoxy) is 3. The summed E-state index contributed by atoms with van der Waals surface area (Å²) in [6, 6.07) is 20.6. The molecule has 2 aromatic heterocycles. The largest absolute Gasteiger partial charge is 0.493 e. The first-order valence-corrected chi connectivity index (χ1v) is 26.0. The Morgan fingerprint density at radius 2 is 1.09 bits per heavy atom. The first-order valence-electron chi connectivity index (χ1n) is 26.0. The summed E-state index contributed by atoms with van der Waals surface area (Å²) >= 11 is 0.